The quantitative estimate of drug-likeness (QED) is 0.165. The van der Waals surface area contributed by atoms with Crippen LogP contribution in [0.2, 0.25) is 0 Å². The SMILES string of the molecule is C1=c2ccc3ccncc3c2=CCC1c1cccc(-c2cccc(-c3nc(-c4ccc(-c5ccccc5)cc4)nc(-c4ccc(-c5ccccc5)cc4)n3)c2)c1. The Morgan fingerprint density at radius 3 is 1.57 bits per heavy atom. The molecular formula is C52H36N4. The van der Waals surface area contributed by atoms with Crippen molar-refractivity contribution in [3.8, 4) is 67.5 Å². The third kappa shape index (κ3) is 6.59. The standard InChI is InChI=1S/C52H36N4/c1-3-9-35(10-4-1)37-17-22-40(23-18-37)50-54-51(41-24-19-38(20-25-41)36-11-5-2-6-12-36)56-52(55-50)47-16-8-15-44(33-47)42-13-7-14-43(31-42)45-27-28-48-46(32-45)26-21-39-29-30-53-34-49(39)48/h1-26,28-34,45H,27H2. The first-order valence-electron chi connectivity index (χ1n) is 19.1. The molecule has 2 heterocycles. The summed E-state index contributed by atoms with van der Waals surface area (Å²) in [7, 11) is 0. The summed E-state index contributed by atoms with van der Waals surface area (Å²) in [5.41, 5.74) is 11.0. The summed E-state index contributed by atoms with van der Waals surface area (Å²) in [4.78, 5) is 19.6. The van der Waals surface area contributed by atoms with E-state index < -0.39 is 0 Å². The van der Waals surface area contributed by atoms with E-state index in [-0.39, 0.29) is 5.92 Å². The highest BCUT2D eigenvalue weighted by Gasteiger charge is 2.16. The van der Waals surface area contributed by atoms with E-state index in [1.54, 1.807) is 0 Å². The molecule has 264 valence electrons. The summed E-state index contributed by atoms with van der Waals surface area (Å²) in [6.07, 6.45) is 9.56. The van der Waals surface area contributed by atoms with Crippen LogP contribution in [0.25, 0.3) is 90.5 Å². The van der Waals surface area contributed by atoms with Crippen molar-refractivity contribution in [2.24, 2.45) is 0 Å². The van der Waals surface area contributed by atoms with Crippen molar-refractivity contribution in [1.82, 2.24) is 19.9 Å². The number of benzene rings is 7. The van der Waals surface area contributed by atoms with Crippen LogP contribution in [0.3, 0.4) is 0 Å². The van der Waals surface area contributed by atoms with Crippen LogP contribution in [0.1, 0.15) is 17.9 Å². The summed E-state index contributed by atoms with van der Waals surface area (Å²) < 4.78 is 0. The molecule has 0 bridgehead atoms. The molecule has 0 amide bonds. The van der Waals surface area contributed by atoms with Gasteiger partial charge in [0.2, 0.25) is 0 Å². The third-order valence-corrected chi connectivity index (χ3v) is 10.8. The molecule has 0 fully saturated rings. The Morgan fingerprint density at radius 2 is 0.929 bits per heavy atom. The maximum atomic E-state index is 5.10. The van der Waals surface area contributed by atoms with E-state index in [0.29, 0.717) is 17.5 Å². The van der Waals surface area contributed by atoms with Crippen LogP contribution >= 0.6 is 0 Å². The van der Waals surface area contributed by atoms with Crippen molar-refractivity contribution in [2.45, 2.75) is 12.3 Å². The van der Waals surface area contributed by atoms with Crippen molar-refractivity contribution >= 4 is 22.9 Å². The summed E-state index contributed by atoms with van der Waals surface area (Å²) >= 11 is 0. The minimum absolute atomic E-state index is 0.287. The van der Waals surface area contributed by atoms with Gasteiger partial charge in [-0.3, -0.25) is 4.98 Å². The lowest BCUT2D eigenvalue weighted by Gasteiger charge is -2.17. The minimum atomic E-state index is 0.287. The molecule has 1 aliphatic carbocycles. The molecule has 7 aromatic carbocycles. The number of fused-ring (bicyclic) bond motifs is 3. The fourth-order valence-electron chi connectivity index (χ4n) is 7.77. The van der Waals surface area contributed by atoms with E-state index >= 15 is 0 Å². The first-order valence-corrected chi connectivity index (χ1v) is 19.1. The highest BCUT2D eigenvalue weighted by Crippen LogP contribution is 2.32. The zero-order valence-corrected chi connectivity index (χ0v) is 30.6. The Labute approximate surface area is 325 Å². The van der Waals surface area contributed by atoms with E-state index in [0.717, 1.165) is 45.4 Å². The zero-order valence-electron chi connectivity index (χ0n) is 30.6. The molecule has 0 radical (unpaired) electrons. The van der Waals surface area contributed by atoms with Crippen LogP contribution in [0.5, 0.6) is 0 Å². The van der Waals surface area contributed by atoms with Gasteiger partial charge in [0.1, 0.15) is 0 Å². The van der Waals surface area contributed by atoms with Crippen LogP contribution in [-0.4, -0.2) is 19.9 Å². The lowest BCUT2D eigenvalue weighted by atomic mass is 9.88. The van der Waals surface area contributed by atoms with Crippen molar-refractivity contribution in [2.75, 3.05) is 0 Å². The summed E-state index contributed by atoms with van der Waals surface area (Å²) in [5.74, 6) is 2.19. The van der Waals surface area contributed by atoms with Crippen LogP contribution in [0, 0.1) is 0 Å². The number of pyridine rings is 1. The monoisotopic (exact) mass is 716 g/mol. The van der Waals surface area contributed by atoms with Gasteiger partial charge in [0.25, 0.3) is 0 Å². The van der Waals surface area contributed by atoms with Gasteiger partial charge in [0.05, 0.1) is 0 Å². The number of aromatic nitrogens is 4. The maximum absolute atomic E-state index is 5.10. The third-order valence-electron chi connectivity index (χ3n) is 10.8. The maximum Gasteiger partial charge on any atom is 0.164 e. The zero-order chi connectivity index (χ0) is 37.3. The van der Waals surface area contributed by atoms with E-state index in [9.17, 15) is 0 Å². The van der Waals surface area contributed by atoms with Gasteiger partial charge in [-0.15, -0.1) is 0 Å². The molecule has 1 unspecified atom stereocenters. The van der Waals surface area contributed by atoms with Crippen molar-refractivity contribution in [3.05, 3.63) is 204 Å². The van der Waals surface area contributed by atoms with Gasteiger partial charge in [-0.2, -0.15) is 0 Å². The normalized spacial score (nSPS) is 13.4. The Bertz CT molecular complexity index is 2870. The molecule has 4 nitrogen and oxygen atoms in total. The molecule has 0 saturated carbocycles. The molecule has 4 heteroatoms. The van der Waals surface area contributed by atoms with E-state index in [4.69, 9.17) is 15.0 Å². The molecule has 1 atom stereocenters. The highest BCUT2D eigenvalue weighted by molar-refractivity contribution is 5.83. The topological polar surface area (TPSA) is 51.6 Å². The largest absolute Gasteiger partial charge is 0.264 e. The minimum Gasteiger partial charge on any atom is -0.264 e. The molecule has 0 aliphatic heterocycles. The summed E-state index contributed by atoms with van der Waals surface area (Å²) in [6, 6.07) is 61.8. The molecule has 56 heavy (non-hydrogen) atoms. The molecule has 1 aliphatic rings. The molecule has 9 aromatic rings. The first-order chi connectivity index (χ1) is 27.7. The Hall–Kier alpha value is -7.30. The highest BCUT2D eigenvalue weighted by atomic mass is 15.0. The smallest absolute Gasteiger partial charge is 0.164 e. The second-order valence-electron chi connectivity index (χ2n) is 14.3. The lowest BCUT2D eigenvalue weighted by Crippen LogP contribution is -2.29. The second-order valence-corrected chi connectivity index (χ2v) is 14.3. The van der Waals surface area contributed by atoms with Gasteiger partial charge < -0.3 is 0 Å². The molecular weight excluding hydrogens is 681 g/mol. The fourth-order valence-corrected chi connectivity index (χ4v) is 7.77. The molecule has 10 rings (SSSR count). The first kappa shape index (κ1) is 33.3. The van der Waals surface area contributed by atoms with Gasteiger partial charge in [0.15, 0.2) is 17.5 Å². The summed E-state index contributed by atoms with van der Waals surface area (Å²) in [5, 5.41) is 4.98. The predicted molar refractivity (Wildman–Crippen MR) is 230 cm³/mol. The number of rotatable bonds is 7. The van der Waals surface area contributed by atoms with Gasteiger partial charge in [-0.05, 0) is 73.3 Å². The average molecular weight is 717 g/mol. The van der Waals surface area contributed by atoms with Crippen molar-refractivity contribution in [3.63, 3.8) is 0 Å². The van der Waals surface area contributed by atoms with E-state index in [2.05, 4.69) is 181 Å². The fraction of sp³-hybridized carbons (Fsp3) is 0.0385. The molecule has 0 N–H and O–H groups in total. The van der Waals surface area contributed by atoms with Crippen LogP contribution in [0.15, 0.2) is 188 Å². The predicted octanol–water partition coefficient (Wildman–Crippen LogP) is 11.2. The van der Waals surface area contributed by atoms with E-state index in [1.807, 2.05) is 24.5 Å². The lowest BCUT2D eigenvalue weighted by molar-refractivity contribution is 0.923. The van der Waals surface area contributed by atoms with E-state index in [1.165, 1.54) is 37.9 Å². The second kappa shape index (κ2) is 14.5. The van der Waals surface area contributed by atoms with Gasteiger partial charge in [-0.1, -0.05) is 176 Å². The van der Waals surface area contributed by atoms with Gasteiger partial charge in [0, 0.05) is 40.4 Å². The van der Waals surface area contributed by atoms with Gasteiger partial charge >= 0.3 is 0 Å². The van der Waals surface area contributed by atoms with Crippen LogP contribution in [-0.2, 0) is 0 Å². The molecule has 0 saturated heterocycles. The van der Waals surface area contributed by atoms with Gasteiger partial charge in [-0.25, -0.2) is 15.0 Å². The molecule has 0 spiro atoms. The van der Waals surface area contributed by atoms with Crippen molar-refractivity contribution in [1.29, 1.82) is 0 Å². The number of hydrogen-bond donors (Lipinski definition) is 0. The molecule has 2 aromatic heterocycles. The van der Waals surface area contributed by atoms with Crippen molar-refractivity contribution < 1.29 is 0 Å². The summed E-state index contributed by atoms with van der Waals surface area (Å²) in [6.45, 7) is 0. The number of nitrogens with zero attached hydrogens (tertiary/aromatic N) is 4. The Morgan fingerprint density at radius 1 is 0.411 bits per heavy atom. The Kier molecular flexibility index (Phi) is 8.62. The van der Waals surface area contributed by atoms with Crippen LogP contribution in [0.4, 0.5) is 0 Å². The number of hydrogen-bond acceptors (Lipinski definition) is 4. The Balaban J connectivity index is 1.01. The van der Waals surface area contributed by atoms with Crippen LogP contribution < -0.4 is 10.4 Å². The average Bonchev–Trinajstić information content (AvgIpc) is 3.29.